The molecule has 0 aromatic heterocycles. The summed E-state index contributed by atoms with van der Waals surface area (Å²) in [6, 6.07) is 8.03. The van der Waals surface area contributed by atoms with Gasteiger partial charge in [0, 0.05) is 6.54 Å². The van der Waals surface area contributed by atoms with Crippen molar-refractivity contribution in [1.82, 2.24) is 4.90 Å². The van der Waals surface area contributed by atoms with E-state index in [9.17, 15) is 9.90 Å². The van der Waals surface area contributed by atoms with Crippen LogP contribution >= 0.6 is 0 Å². The number of nitrogens with zero attached hydrogens (tertiary/aromatic N) is 1. The standard InChI is InChI=1S/C16H23NO2/c1-13-7-4-5-8-14(13)11-16(19)17-10-6-2-3-9-15(17)12-18/h4-5,7-8,15,18H,2-3,6,9-12H2,1H3. The Balaban J connectivity index is 2.07. The van der Waals surface area contributed by atoms with Crippen LogP contribution in [0.5, 0.6) is 0 Å². The Morgan fingerprint density at radius 3 is 2.84 bits per heavy atom. The van der Waals surface area contributed by atoms with E-state index in [2.05, 4.69) is 0 Å². The summed E-state index contributed by atoms with van der Waals surface area (Å²) >= 11 is 0. The van der Waals surface area contributed by atoms with Gasteiger partial charge in [0.15, 0.2) is 0 Å². The van der Waals surface area contributed by atoms with Crippen molar-refractivity contribution in [3.63, 3.8) is 0 Å². The van der Waals surface area contributed by atoms with Crippen molar-refractivity contribution in [1.29, 1.82) is 0 Å². The Bertz CT molecular complexity index is 431. The van der Waals surface area contributed by atoms with Gasteiger partial charge >= 0.3 is 0 Å². The van der Waals surface area contributed by atoms with Gasteiger partial charge in [-0.05, 0) is 30.9 Å². The summed E-state index contributed by atoms with van der Waals surface area (Å²) in [5, 5.41) is 9.46. The molecule has 1 unspecified atom stereocenters. The lowest BCUT2D eigenvalue weighted by Gasteiger charge is -2.29. The van der Waals surface area contributed by atoms with Crippen molar-refractivity contribution in [3.8, 4) is 0 Å². The quantitative estimate of drug-likeness (QED) is 0.907. The van der Waals surface area contributed by atoms with Crippen molar-refractivity contribution in [2.75, 3.05) is 13.2 Å². The second-order valence-electron chi connectivity index (χ2n) is 5.38. The summed E-state index contributed by atoms with van der Waals surface area (Å²) in [6.07, 6.45) is 4.69. The minimum atomic E-state index is 0.0130. The van der Waals surface area contributed by atoms with Gasteiger partial charge in [-0.3, -0.25) is 4.79 Å². The average Bonchev–Trinajstić information content (AvgIpc) is 2.66. The van der Waals surface area contributed by atoms with E-state index in [1.165, 1.54) is 0 Å². The van der Waals surface area contributed by atoms with Gasteiger partial charge in [0.25, 0.3) is 0 Å². The van der Waals surface area contributed by atoms with E-state index >= 15 is 0 Å². The van der Waals surface area contributed by atoms with Crippen LogP contribution < -0.4 is 0 Å². The fraction of sp³-hybridized carbons (Fsp3) is 0.562. The number of aliphatic hydroxyl groups excluding tert-OH is 1. The fourth-order valence-corrected chi connectivity index (χ4v) is 2.77. The highest BCUT2D eigenvalue weighted by Crippen LogP contribution is 2.18. The topological polar surface area (TPSA) is 40.5 Å². The fourth-order valence-electron chi connectivity index (χ4n) is 2.77. The Morgan fingerprint density at radius 2 is 2.11 bits per heavy atom. The Hall–Kier alpha value is -1.35. The zero-order valence-corrected chi connectivity index (χ0v) is 11.6. The van der Waals surface area contributed by atoms with Gasteiger partial charge < -0.3 is 10.0 Å². The van der Waals surface area contributed by atoms with Gasteiger partial charge in [0.05, 0.1) is 19.1 Å². The van der Waals surface area contributed by atoms with E-state index in [1.807, 2.05) is 36.1 Å². The highest BCUT2D eigenvalue weighted by Gasteiger charge is 2.24. The van der Waals surface area contributed by atoms with Crippen LogP contribution in [0.15, 0.2) is 24.3 Å². The lowest BCUT2D eigenvalue weighted by Crippen LogP contribution is -2.42. The molecule has 1 N–H and O–H groups in total. The predicted molar refractivity (Wildman–Crippen MR) is 75.9 cm³/mol. The molecule has 2 rings (SSSR count). The van der Waals surface area contributed by atoms with Crippen molar-refractivity contribution in [2.24, 2.45) is 0 Å². The molecule has 0 saturated carbocycles. The SMILES string of the molecule is Cc1ccccc1CC(=O)N1CCCCCC1CO. The number of rotatable bonds is 3. The first-order valence-electron chi connectivity index (χ1n) is 7.17. The first-order valence-corrected chi connectivity index (χ1v) is 7.17. The number of hydrogen-bond donors (Lipinski definition) is 1. The molecule has 1 fully saturated rings. The molecule has 3 nitrogen and oxygen atoms in total. The molecule has 19 heavy (non-hydrogen) atoms. The molecular weight excluding hydrogens is 238 g/mol. The van der Waals surface area contributed by atoms with E-state index in [0.29, 0.717) is 6.42 Å². The van der Waals surface area contributed by atoms with Crippen LogP contribution in [0, 0.1) is 6.92 Å². The van der Waals surface area contributed by atoms with Crippen LogP contribution in [0.4, 0.5) is 0 Å². The number of amides is 1. The summed E-state index contributed by atoms with van der Waals surface area (Å²) in [5.41, 5.74) is 2.25. The summed E-state index contributed by atoms with van der Waals surface area (Å²) in [6.45, 7) is 2.91. The van der Waals surface area contributed by atoms with E-state index in [-0.39, 0.29) is 18.6 Å². The Labute approximate surface area is 115 Å². The molecule has 1 aromatic rings. The molecule has 1 aliphatic rings. The molecule has 0 radical (unpaired) electrons. The molecule has 1 atom stereocenters. The normalized spacial score (nSPS) is 20.1. The molecule has 0 aliphatic carbocycles. The molecule has 1 aromatic carbocycles. The van der Waals surface area contributed by atoms with Gasteiger partial charge in [-0.15, -0.1) is 0 Å². The van der Waals surface area contributed by atoms with Crippen molar-refractivity contribution >= 4 is 5.91 Å². The number of hydrogen-bond acceptors (Lipinski definition) is 2. The second kappa shape index (κ2) is 6.71. The van der Waals surface area contributed by atoms with E-state index in [1.54, 1.807) is 0 Å². The third kappa shape index (κ3) is 3.57. The average molecular weight is 261 g/mol. The van der Waals surface area contributed by atoms with Crippen molar-refractivity contribution < 1.29 is 9.90 Å². The maximum Gasteiger partial charge on any atom is 0.227 e. The van der Waals surface area contributed by atoms with Gasteiger partial charge in [-0.25, -0.2) is 0 Å². The number of benzene rings is 1. The molecule has 1 amide bonds. The van der Waals surface area contributed by atoms with Crippen LogP contribution in [-0.4, -0.2) is 35.1 Å². The maximum atomic E-state index is 12.5. The number of likely N-dealkylation sites (tertiary alicyclic amines) is 1. The number of carbonyl (C=O) groups is 1. The van der Waals surface area contributed by atoms with Gasteiger partial charge in [-0.1, -0.05) is 37.1 Å². The molecule has 1 saturated heterocycles. The third-order valence-electron chi connectivity index (χ3n) is 4.01. The minimum absolute atomic E-state index is 0.0130. The Morgan fingerprint density at radius 1 is 1.32 bits per heavy atom. The van der Waals surface area contributed by atoms with Gasteiger partial charge in [0.1, 0.15) is 0 Å². The molecule has 0 bridgehead atoms. The monoisotopic (exact) mass is 261 g/mol. The summed E-state index contributed by atoms with van der Waals surface area (Å²) in [4.78, 5) is 14.3. The maximum absolute atomic E-state index is 12.5. The van der Waals surface area contributed by atoms with Crippen molar-refractivity contribution in [3.05, 3.63) is 35.4 Å². The summed E-state index contributed by atoms with van der Waals surface area (Å²) in [5.74, 6) is 0.148. The van der Waals surface area contributed by atoms with Crippen LogP contribution in [-0.2, 0) is 11.2 Å². The molecule has 0 spiro atoms. The summed E-state index contributed by atoms with van der Waals surface area (Å²) < 4.78 is 0. The smallest absolute Gasteiger partial charge is 0.227 e. The highest BCUT2D eigenvalue weighted by molar-refractivity contribution is 5.79. The molecule has 3 heteroatoms. The predicted octanol–water partition coefficient (Wildman–Crippen LogP) is 2.30. The number of aliphatic hydroxyl groups is 1. The molecule has 1 heterocycles. The van der Waals surface area contributed by atoms with Crippen molar-refractivity contribution in [2.45, 2.75) is 45.1 Å². The number of carbonyl (C=O) groups excluding carboxylic acids is 1. The van der Waals surface area contributed by atoms with Gasteiger partial charge in [0.2, 0.25) is 5.91 Å². The van der Waals surface area contributed by atoms with E-state index in [4.69, 9.17) is 0 Å². The van der Waals surface area contributed by atoms with Crippen LogP contribution in [0.3, 0.4) is 0 Å². The van der Waals surface area contributed by atoms with Gasteiger partial charge in [-0.2, -0.15) is 0 Å². The molecule has 1 aliphatic heterocycles. The lowest BCUT2D eigenvalue weighted by molar-refractivity contribution is -0.133. The molecular formula is C16H23NO2. The minimum Gasteiger partial charge on any atom is -0.394 e. The first-order chi connectivity index (χ1) is 9.22. The first kappa shape index (κ1) is 14.1. The third-order valence-corrected chi connectivity index (χ3v) is 4.01. The molecule has 104 valence electrons. The van der Waals surface area contributed by atoms with E-state index in [0.717, 1.165) is 43.4 Å². The van der Waals surface area contributed by atoms with Crippen LogP contribution in [0.2, 0.25) is 0 Å². The highest BCUT2D eigenvalue weighted by atomic mass is 16.3. The van der Waals surface area contributed by atoms with E-state index < -0.39 is 0 Å². The summed E-state index contributed by atoms with van der Waals surface area (Å²) in [7, 11) is 0. The van der Waals surface area contributed by atoms with Crippen LogP contribution in [0.25, 0.3) is 0 Å². The lowest BCUT2D eigenvalue weighted by atomic mass is 10.0. The number of aryl methyl sites for hydroxylation is 1. The zero-order chi connectivity index (χ0) is 13.7. The second-order valence-corrected chi connectivity index (χ2v) is 5.38. The Kier molecular flexibility index (Phi) is 4.97. The zero-order valence-electron chi connectivity index (χ0n) is 11.6. The van der Waals surface area contributed by atoms with Crippen LogP contribution in [0.1, 0.15) is 36.8 Å². The largest absolute Gasteiger partial charge is 0.394 e.